The zero-order valence-electron chi connectivity index (χ0n) is 16.1. The first-order valence-corrected chi connectivity index (χ1v) is 10.6. The Labute approximate surface area is 191 Å². The lowest BCUT2D eigenvalue weighted by Gasteiger charge is -2.12. The van der Waals surface area contributed by atoms with Crippen LogP contribution in [0.4, 0.5) is 0 Å². The lowest BCUT2D eigenvalue weighted by molar-refractivity contribution is 0.414. The number of aliphatic imine (C=N–C) groups is 1. The molecule has 0 bridgehead atoms. The highest BCUT2D eigenvalue weighted by atomic mass is 127. The van der Waals surface area contributed by atoms with Crippen molar-refractivity contribution in [2.45, 2.75) is 12.2 Å². The number of methoxy groups -OCH3 is 1. The fourth-order valence-electron chi connectivity index (χ4n) is 2.51. The molecule has 28 heavy (non-hydrogen) atoms. The van der Waals surface area contributed by atoms with E-state index < -0.39 is 10.8 Å². The van der Waals surface area contributed by atoms with E-state index in [-0.39, 0.29) is 24.0 Å². The van der Waals surface area contributed by atoms with Crippen LogP contribution in [-0.2, 0) is 23.0 Å². The Morgan fingerprint density at radius 3 is 2.50 bits per heavy atom. The fraction of sp³-hybridized carbons (Fsp3) is 0.350. The molecule has 0 aliphatic heterocycles. The number of nitrogens with one attached hydrogen (secondary N) is 2. The summed E-state index contributed by atoms with van der Waals surface area (Å²) in [5.74, 6) is 2.58. The summed E-state index contributed by atoms with van der Waals surface area (Å²) in [6.07, 6.45) is 0.767. The molecule has 1 atom stereocenters. The molecular weight excluding hydrogens is 509 g/mol. The zero-order chi connectivity index (χ0) is 19.5. The second-order valence-electron chi connectivity index (χ2n) is 5.91. The largest absolute Gasteiger partial charge is 0.497 e. The van der Waals surface area contributed by atoms with Crippen molar-refractivity contribution in [1.29, 1.82) is 0 Å². The third kappa shape index (κ3) is 8.79. The molecule has 2 aromatic carbocycles. The van der Waals surface area contributed by atoms with Crippen LogP contribution in [-0.4, -0.2) is 43.2 Å². The van der Waals surface area contributed by atoms with Crippen LogP contribution in [0.2, 0.25) is 5.02 Å². The number of hydrogen-bond donors (Lipinski definition) is 2. The molecule has 0 spiro atoms. The third-order valence-corrected chi connectivity index (χ3v) is 5.63. The molecule has 0 radical (unpaired) electrons. The SMILES string of the molecule is CN=C(NCCc1ccc(OC)cc1Cl)NCCS(=O)Cc1ccccc1.I. The lowest BCUT2D eigenvalue weighted by Crippen LogP contribution is -2.40. The Hall–Kier alpha value is -1.32. The van der Waals surface area contributed by atoms with Gasteiger partial charge in [0.2, 0.25) is 0 Å². The highest BCUT2D eigenvalue weighted by Gasteiger charge is 2.05. The average Bonchev–Trinajstić information content (AvgIpc) is 2.68. The number of guanidine groups is 1. The molecule has 1 unspecified atom stereocenters. The topological polar surface area (TPSA) is 62.7 Å². The molecule has 2 aromatic rings. The molecule has 154 valence electrons. The molecule has 0 aromatic heterocycles. The first kappa shape index (κ1) is 24.7. The van der Waals surface area contributed by atoms with Gasteiger partial charge < -0.3 is 15.4 Å². The summed E-state index contributed by atoms with van der Waals surface area (Å²) in [5.41, 5.74) is 2.14. The number of hydrogen-bond acceptors (Lipinski definition) is 3. The lowest BCUT2D eigenvalue weighted by atomic mass is 10.1. The molecule has 0 aliphatic carbocycles. The van der Waals surface area contributed by atoms with Crippen molar-refractivity contribution in [3.63, 3.8) is 0 Å². The Balaban J connectivity index is 0.00000392. The average molecular weight is 536 g/mol. The van der Waals surface area contributed by atoms with Gasteiger partial charge in [-0.25, -0.2) is 0 Å². The molecule has 5 nitrogen and oxygen atoms in total. The van der Waals surface area contributed by atoms with Crippen molar-refractivity contribution in [2.75, 3.05) is 33.0 Å². The summed E-state index contributed by atoms with van der Waals surface area (Å²) >= 11 is 6.25. The zero-order valence-corrected chi connectivity index (χ0v) is 20.0. The highest BCUT2D eigenvalue weighted by Crippen LogP contribution is 2.22. The van der Waals surface area contributed by atoms with Gasteiger partial charge >= 0.3 is 0 Å². The number of rotatable bonds is 9. The molecular formula is C20H27ClIN3O2S. The van der Waals surface area contributed by atoms with Gasteiger partial charge in [0.05, 0.1) is 7.11 Å². The number of halogens is 2. The van der Waals surface area contributed by atoms with Crippen molar-refractivity contribution in [3.05, 3.63) is 64.7 Å². The fourth-order valence-corrected chi connectivity index (χ4v) is 3.81. The van der Waals surface area contributed by atoms with Crippen LogP contribution in [0.5, 0.6) is 5.75 Å². The molecule has 0 saturated heterocycles. The summed E-state index contributed by atoms with van der Waals surface area (Å²) in [5, 5.41) is 7.14. The maximum absolute atomic E-state index is 12.2. The van der Waals surface area contributed by atoms with Crippen LogP contribution in [0.3, 0.4) is 0 Å². The molecule has 0 amide bonds. The van der Waals surface area contributed by atoms with Gasteiger partial charge in [-0.3, -0.25) is 9.20 Å². The molecule has 0 fully saturated rings. The third-order valence-electron chi connectivity index (χ3n) is 3.96. The quantitative estimate of drug-likeness (QED) is 0.293. The highest BCUT2D eigenvalue weighted by molar-refractivity contribution is 14.0. The van der Waals surface area contributed by atoms with Crippen LogP contribution in [0, 0.1) is 0 Å². The van der Waals surface area contributed by atoms with E-state index in [9.17, 15) is 4.21 Å². The monoisotopic (exact) mass is 535 g/mol. The second kappa shape index (κ2) is 13.8. The molecule has 0 heterocycles. The van der Waals surface area contributed by atoms with Crippen LogP contribution in [0.1, 0.15) is 11.1 Å². The van der Waals surface area contributed by atoms with Gasteiger partial charge in [-0.2, -0.15) is 0 Å². The minimum absolute atomic E-state index is 0. The maximum atomic E-state index is 12.2. The molecule has 0 saturated carbocycles. The van der Waals surface area contributed by atoms with Crippen molar-refractivity contribution in [3.8, 4) is 5.75 Å². The Bertz CT molecular complexity index is 775. The summed E-state index contributed by atoms with van der Waals surface area (Å²) in [4.78, 5) is 4.19. The van der Waals surface area contributed by atoms with E-state index in [0.717, 1.165) is 23.3 Å². The standard InChI is InChI=1S/C20H26ClN3O2S.HI/c1-22-20(23-11-10-17-8-9-18(26-2)14-19(17)21)24-12-13-27(25)15-16-6-4-3-5-7-16;/h3-9,14H,10-13,15H2,1-2H3,(H2,22,23,24);1H. The van der Waals surface area contributed by atoms with E-state index in [2.05, 4.69) is 15.6 Å². The predicted octanol–water partition coefficient (Wildman–Crippen LogP) is 3.62. The Kier molecular flexibility index (Phi) is 12.2. The first-order valence-electron chi connectivity index (χ1n) is 8.78. The van der Waals surface area contributed by atoms with Gasteiger partial charge in [-0.15, -0.1) is 24.0 Å². The normalized spacial score (nSPS) is 12.0. The second-order valence-corrected chi connectivity index (χ2v) is 7.89. The summed E-state index contributed by atoms with van der Waals surface area (Å²) in [7, 11) is 2.43. The molecule has 0 aliphatic rings. The molecule has 8 heteroatoms. The van der Waals surface area contributed by atoms with Crippen LogP contribution < -0.4 is 15.4 Å². The minimum atomic E-state index is -0.906. The van der Waals surface area contributed by atoms with Crippen molar-refractivity contribution in [2.24, 2.45) is 4.99 Å². The van der Waals surface area contributed by atoms with E-state index in [1.54, 1.807) is 14.2 Å². The predicted molar refractivity (Wildman–Crippen MR) is 130 cm³/mol. The van der Waals surface area contributed by atoms with E-state index in [0.29, 0.717) is 35.6 Å². The van der Waals surface area contributed by atoms with Gasteiger partial charge in [0, 0.05) is 47.5 Å². The Morgan fingerprint density at radius 2 is 1.86 bits per heavy atom. The number of benzene rings is 2. The smallest absolute Gasteiger partial charge is 0.191 e. The van der Waals surface area contributed by atoms with E-state index >= 15 is 0 Å². The van der Waals surface area contributed by atoms with E-state index in [1.807, 2.05) is 48.5 Å². The van der Waals surface area contributed by atoms with Gasteiger partial charge in [-0.1, -0.05) is 48.0 Å². The summed E-state index contributed by atoms with van der Waals surface area (Å²) in [6.45, 7) is 1.29. The molecule has 2 rings (SSSR count). The molecule has 2 N–H and O–H groups in total. The van der Waals surface area contributed by atoms with Gasteiger partial charge in [0.25, 0.3) is 0 Å². The summed E-state index contributed by atoms with van der Waals surface area (Å²) < 4.78 is 17.3. The van der Waals surface area contributed by atoms with E-state index in [1.165, 1.54) is 0 Å². The van der Waals surface area contributed by atoms with Gasteiger partial charge in [0.15, 0.2) is 5.96 Å². The van der Waals surface area contributed by atoms with Crippen molar-refractivity contribution >= 4 is 52.3 Å². The van der Waals surface area contributed by atoms with Crippen LogP contribution >= 0.6 is 35.6 Å². The van der Waals surface area contributed by atoms with Gasteiger partial charge in [-0.05, 0) is 29.7 Å². The van der Waals surface area contributed by atoms with Crippen molar-refractivity contribution in [1.82, 2.24) is 10.6 Å². The summed E-state index contributed by atoms with van der Waals surface area (Å²) in [6, 6.07) is 15.6. The maximum Gasteiger partial charge on any atom is 0.191 e. The van der Waals surface area contributed by atoms with Crippen molar-refractivity contribution < 1.29 is 8.95 Å². The number of nitrogens with zero attached hydrogens (tertiary/aromatic N) is 1. The van der Waals surface area contributed by atoms with Crippen LogP contribution in [0.25, 0.3) is 0 Å². The minimum Gasteiger partial charge on any atom is -0.497 e. The Morgan fingerprint density at radius 1 is 1.14 bits per heavy atom. The van der Waals surface area contributed by atoms with E-state index in [4.69, 9.17) is 16.3 Å². The number of ether oxygens (including phenoxy) is 1. The van der Waals surface area contributed by atoms with Gasteiger partial charge in [0.1, 0.15) is 5.75 Å². The first-order chi connectivity index (χ1) is 13.1. The van der Waals surface area contributed by atoms with Crippen LogP contribution in [0.15, 0.2) is 53.5 Å².